The summed E-state index contributed by atoms with van der Waals surface area (Å²) in [6.45, 7) is 4.95. The second-order valence-electron chi connectivity index (χ2n) is 4.96. The van der Waals surface area contributed by atoms with Crippen molar-refractivity contribution in [1.82, 2.24) is 14.8 Å². The highest BCUT2D eigenvalue weighted by Gasteiger charge is 2.13. The standard InChI is InChI=1S/C14H18ClN3O/c1-10(2)8-18-13(16-17-14(18)9-19)7-11-5-3-4-6-12(11)15/h3-6,10,19H,7-9H2,1-2H3. The second-order valence-corrected chi connectivity index (χ2v) is 5.37. The van der Waals surface area contributed by atoms with Crippen molar-refractivity contribution in [2.75, 3.05) is 0 Å². The van der Waals surface area contributed by atoms with Crippen LogP contribution in [0.1, 0.15) is 31.1 Å². The third kappa shape index (κ3) is 3.33. The van der Waals surface area contributed by atoms with E-state index in [1.165, 1.54) is 0 Å². The largest absolute Gasteiger partial charge is 0.388 e. The lowest BCUT2D eigenvalue weighted by molar-refractivity contribution is 0.261. The van der Waals surface area contributed by atoms with E-state index in [2.05, 4.69) is 24.0 Å². The minimum Gasteiger partial charge on any atom is -0.388 e. The van der Waals surface area contributed by atoms with Crippen molar-refractivity contribution in [2.45, 2.75) is 33.4 Å². The van der Waals surface area contributed by atoms with Crippen LogP contribution in [0.4, 0.5) is 0 Å². The monoisotopic (exact) mass is 279 g/mol. The lowest BCUT2D eigenvalue weighted by Crippen LogP contribution is -2.12. The number of aromatic nitrogens is 3. The predicted molar refractivity (Wildman–Crippen MR) is 75.0 cm³/mol. The molecule has 0 bridgehead atoms. The molecule has 0 unspecified atom stereocenters. The topological polar surface area (TPSA) is 50.9 Å². The van der Waals surface area contributed by atoms with Gasteiger partial charge in [-0.25, -0.2) is 0 Å². The summed E-state index contributed by atoms with van der Waals surface area (Å²) in [4.78, 5) is 0. The molecule has 1 aromatic carbocycles. The van der Waals surface area contributed by atoms with Gasteiger partial charge in [0.15, 0.2) is 5.82 Å². The van der Waals surface area contributed by atoms with Crippen LogP contribution < -0.4 is 0 Å². The van der Waals surface area contributed by atoms with Gasteiger partial charge in [0.25, 0.3) is 0 Å². The van der Waals surface area contributed by atoms with Crippen LogP contribution in [0, 0.1) is 5.92 Å². The van der Waals surface area contributed by atoms with Crippen LogP contribution in [-0.4, -0.2) is 19.9 Å². The van der Waals surface area contributed by atoms with Gasteiger partial charge in [-0.3, -0.25) is 0 Å². The van der Waals surface area contributed by atoms with Crippen molar-refractivity contribution < 1.29 is 5.11 Å². The van der Waals surface area contributed by atoms with Crippen molar-refractivity contribution in [3.05, 3.63) is 46.5 Å². The fourth-order valence-electron chi connectivity index (χ4n) is 2.01. The van der Waals surface area contributed by atoms with E-state index in [0.29, 0.717) is 18.2 Å². The number of aliphatic hydroxyl groups excluding tert-OH is 1. The van der Waals surface area contributed by atoms with Gasteiger partial charge in [-0.05, 0) is 17.5 Å². The fraction of sp³-hybridized carbons (Fsp3) is 0.429. The zero-order valence-electron chi connectivity index (χ0n) is 11.2. The zero-order chi connectivity index (χ0) is 13.8. The van der Waals surface area contributed by atoms with Crippen LogP contribution in [0.15, 0.2) is 24.3 Å². The predicted octanol–water partition coefficient (Wildman–Crippen LogP) is 2.67. The summed E-state index contributed by atoms with van der Waals surface area (Å²) < 4.78 is 1.98. The minimum absolute atomic E-state index is 0.0950. The smallest absolute Gasteiger partial charge is 0.158 e. The van der Waals surface area contributed by atoms with E-state index in [1.54, 1.807) is 0 Å². The van der Waals surface area contributed by atoms with Crippen molar-refractivity contribution in [2.24, 2.45) is 5.92 Å². The van der Waals surface area contributed by atoms with Crippen LogP contribution in [0.5, 0.6) is 0 Å². The van der Waals surface area contributed by atoms with E-state index in [-0.39, 0.29) is 6.61 Å². The van der Waals surface area contributed by atoms with Gasteiger partial charge in [0.2, 0.25) is 0 Å². The molecule has 1 N–H and O–H groups in total. The average molecular weight is 280 g/mol. The third-order valence-corrected chi connectivity index (χ3v) is 3.27. The van der Waals surface area contributed by atoms with E-state index in [0.717, 1.165) is 23.0 Å². The van der Waals surface area contributed by atoms with E-state index in [1.807, 2.05) is 28.8 Å². The van der Waals surface area contributed by atoms with Crippen LogP contribution in [-0.2, 0) is 19.6 Å². The maximum absolute atomic E-state index is 9.32. The zero-order valence-corrected chi connectivity index (χ0v) is 11.9. The molecular formula is C14H18ClN3O. The summed E-state index contributed by atoms with van der Waals surface area (Å²) >= 11 is 6.17. The molecule has 19 heavy (non-hydrogen) atoms. The van der Waals surface area contributed by atoms with Crippen molar-refractivity contribution in [3.63, 3.8) is 0 Å². The molecule has 2 rings (SSSR count). The number of halogens is 1. The van der Waals surface area contributed by atoms with Gasteiger partial charge >= 0.3 is 0 Å². The number of benzene rings is 1. The Hall–Kier alpha value is -1.39. The average Bonchev–Trinajstić information content (AvgIpc) is 2.74. The highest BCUT2D eigenvalue weighted by Crippen LogP contribution is 2.19. The van der Waals surface area contributed by atoms with Gasteiger partial charge in [-0.15, -0.1) is 10.2 Å². The maximum atomic E-state index is 9.32. The van der Waals surface area contributed by atoms with Crippen molar-refractivity contribution in [3.8, 4) is 0 Å². The Morgan fingerprint density at radius 1 is 1.21 bits per heavy atom. The molecule has 0 aliphatic heterocycles. The van der Waals surface area contributed by atoms with E-state index in [9.17, 15) is 5.11 Å². The Balaban J connectivity index is 2.30. The van der Waals surface area contributed by atoms with E-state index in [4.69, 9.17) is 11.6 Å². The molecule has 0 aliphatic rings. The molecule has 0 spiro atoms. The molecule has 102 valence electrons. The molecule has 0 radical (unpaired) electrons. The molecule has 1 aromatic heterocycles. The highest BCUT2D eigenvalue weighted by atomic mass is 35.5. The van der Waals surface area contributed by atoms with Gasteiger partial charge in [0.1, 0.15) is 12.4 Å². The van der Waals surface area contributed by atoms with Crippen molar-refractivity contribution >= 4 is 11.6 Å². The first-order valence-corrected chi connectivity index (χ1v) is 6.74. The Kier molecular flexibility index (Phi) is 4.56. The number of nitrogens with zero attached hydrogens (tertiary/aromatic N) is 3. The first-order valence-electron chi connectivity index (χ1n) is 6.37. The SMILES string of the molecule is CC(C)Cn1c(CO)nnc1Cc1ccccc1Cl. The van der Waals surface area contributed by atoms with Crippen LogP contribution >= 0.6 is 11.6 Å². The first kappa shape index (κ1) is 14.0. The molecule has 4 nitrogen and oxygen atoms in total. The quantitative estimate of drug-likeness (QED) is 0.915. The number of hydrogen-bond donors (Lipinski definition) is 1. The third-order valence-electron chi connectivity index (χ3n) is 2.90. The maximum Gasteiger partial charge on any atom is 0.158 e. The van der Waals surface area contributed by atoms with Gasteiger partial charge in [0.05, 0.1) is 0 Å². The number of rotatable bonds is 5. The summed E-state index contributed by atoms with van der Waals surface area (Å²) in [5, 5.41) is 18.2. The summed E-state index contributed by atoms with van der Waals surface area (Å²) in [5.41, 5.74) is 1.02. The Labute approximate surface area is 118 Å². The molecule has 0 saturated carbocycles. The summed E-state index contributed by atoms with van der Waals surface area (Å²) in [6.07, 6.45) is 0.624. The molecule has 0 aliphatic carbocycles. The molecule has 2 aromatic rings. The normalized spacial score (nSPS) is 11.2. The first-order chi connectivity index (χ1) is 9.11. The molecule has 1 heterocycles. The summed E-state index contributed by atoms with van der Waals surface area (Å²) in [5.74, 6) is 1.91. The summed E-state index contributed by atoms with van der Waals surface area (Å²) in [6, 6.07) is 7.71. The molecule has 0 fully saturated rings. The van der Waals surface area contributed by atoms with Gasteiger partial charge in [-0.2, -0.15) is 0 Å². The lowest BCUT2D eigenvalue weighted by Gasteiger charge is -2.12. The number of aliphatic hydroxyl groups is 1. The van der Waals surface area contributed by atoms with E-state index < -0.39 is 0 Å². The van der Waals surface area contributed by atoms with Gasteiger partial charge < -0.3 is 9.67 Å². The summed E-state index contributed by atoms with van der Waals surface area (Å²) in [7, 11) is 0. The lowest BCUT2D eigenvalue weighted by atomic mass is 10.1. The Bertz CT molecular complexity index is 551. The van der Waals surface area contributed by atoms with E-state index >= 15 is 0 Å². The molecular weight excluding hydrogens is 262 g/mol. The van der Waals surface area contributed by atoms with Crippen LogP contribution in [0.25, 0.3) is 0 Å². The molecule has 0 amide bonds. The van der Waals surface area contributed by atoms with Crippen LogP contribution in [0.2, 0.25) is 5.02 Å². The van der Waals surface area contributed by atoms with Gasteiger partial charge in [-0.1, -0.05) is 43.6 Å². The van der Waals surface area contributed by atoms with Crippen LogP contribution in [0.3, 0.4) is 0 Å². The minimum atomic E-state index is -0.0950. The van der Waals surface area contributed by atoms with Gasteiger partial charge in [0, 0.05) is 18.0 Å². The fourth-order valence-corrected chi connectivity index (χ4v) is 2.21. The second kappa shape index (κ2) is 6.17. The molecule has 0 atom stereocenters. The number of hydrogen-bond acceptors (Lipinski definition) is 3. The van der Waals surface area contributed by atoms with Crippen molar-refractivity contribution in [1.29, 1.82) is 0 Å². The Morgan fingerprint density at radius 2 is 1.89 bits per heavy atom. The Morgan fingerprint density at radius 3 is 2.53 bits per heavy atom. The highest BCUT2D eigenvalue weighted by molar-refractivity contribution is 6.31. The molecule has 0 saturated heterocycles. The molecule has 5 heteroatoms.